The van der Waals surface area contributed by atoms with Gasteiger partial charge in [0.1, 0.15) is 11.6 Å². The van der Waals surface area contributed by atoms with Gasteiger partial charge in [-0.2, -0.15) is 0 Å². The minimum absolute atomic E-state index is 0.0181. The summed E-state index contributed by atoms with van der Waals surface area (Å²) >= 11 is 12.3. The molecule has 3 rings (SSSR count). The van der Waals surface area contributed by atoms with Gasteiger partial charge in [-0.15, -0.1) is 11.6 Å². The highest BCUT2D eigenvalue weighted by molar-refractivity contribution is 6.31. The second-order valence-corrected chi connectivity index (χ2v) is 5.56. The largest absolute Gasteiger partial charge is 0.206 e. The van der Waals surface area contributed by atoms with Crippen LogP contribution in [-0.4, -0.2) is 0 Å². The lowest BCUT2D eigenvalue weighted by Crippen LogP contribution is -1.96. The lowest BCUT2D eigenvalue weighted by Gasteiger charge is -2.14. The lowest BCUT2D eigenvalue weighted by atomic mass is 9.97. The molecule has 0 N–H and O–H groups in total. The van der Waals surface area contributed by atoms with Crippen molar-refractivity contribution in [1.29, 1.82) is 0 Å². The molecule has 0 saturated heterocycles. The van der Waals surface area contributed by atoms with E-state index < -0.39 is 11.2 Å². The average Bonchev–Trinajstić information content (AvgIpc) is 2.50. The number of halogens is 4. The van der Waals surface area contributed by atoms with Crippen LogP contribution in [0, 0.1) is 11.6 Å². The second kappa shape index (κ2) is 5.63. The Hall–Kier alpha value is -1.64. The van der Waals surface area contributed by atoms with Gasteiger partial charge in [0.25, 0.3) is 0 Å². The van der Waals surface area contributed by atoms with Gasteiger partial charge in [0.2, 0.25) is 0 Å². The summed E-state index contributed by atoms with van der Waals surface area (Å²) in [6.07, 6.45) is 0. The highest BCUT2D eigenvalue weighted by atomic mass is 35.5. The predicted octanol–water partition coefficient (Wildman–Crippen LogP) is 6.10. The molecule has 4 heteroatoms. The first-order chi connectivity index (χ1) is 10.1. The summed E-state index contributed by atoms with van der Waals surface area (Å²) in [7, 11) is 0. The quantitative estimate of drug-likeness (QED) is 0.500. The second-order valence-electron chi connectivity index (χ2n) is 4.72. The van der Waals surface area contributed by atoms with Crippen LogP contribution in [0.25, 0.3) is 10.8 Å². The van der Waals surface area contributed by atoms with Gasteiger partial charge >= 0.3 is 0 Å². The Balaban J connectivity index is 2.15. The minimum atomic E-state index is -0.534. The van der Waals surface area contributed by atoms with Crippen LogP contribution < -0.4 is 0 Å². The Labute approximate surface area is 130 Å². The van der Waals surface area contributed by atoms with Crippen LogP contribution in [0.5, 0.6) is 0 Å². The van der Waals surface area contributed by atoms with Gasteiger partial charge in [0, 0.05) is 5.39 Å². The van der Waals surface area contributed by atoms with Gasteiger partial charge in [-0.3, -0.25) is 0 Å². The third-order valence-electron chi connectivity index (χ3n) is 3.41. The Bertz CT molecular complexity index is 815. The van der Waals surface area contributed by atoms with Crippen LogP contribution >= 0.6 is 23.2 Å². The van der Waals surface area contributed by atoms with Gasteiger partial charge in [-0.1, -0.05) is 48.0 Å². The molecule has 0 bridgehead atoms. The van der Waals surface area contributed by atoms with Gasteiger partial charge < -0.3 is 0 Å². The number of rotatable bonds is 2. The molecule has 0 heterocycles. The molecule has 0 radical (unpaired) electrons. The highest BCUT2D eigenvalue weighted by Crippen LogP contribution is 2.35. The first-order valence-electron chi connectivity index (χ1n) is 6.34. The maximum atomic E-state index is 13.8. The molecule has 0 aliphatic heterocycles. The number of fused-ring (bicyclic) bond motifs is 1. The molecule has 0 spiro atoms. The molecule has 106 valence electrons. The molecule has 3 aromatic carbocycles. The maximum Gasteiger partial charge on any atom is 0.141 e. The Morgan fingerprint density at radius 3 is 2.19 bits per heavy atom. The van der Waals surface area contributed by atoms with Crippen molar-refractivity contribution in [3.8, 4) is 0 Å². The van der Waals surface area contributed by atoms with Crippen molar-refractivity contribution < 1.29 is 8.78 Å². The van der Waals surface area contributed by atoms with Gasteiger partial charge in [-0.25, -0.2) is 8.78 Å². The molecular formula is C17H10Cl2F2. The third kappa shape index (κ3) is 2.61. The maximum absolute atomic E-state index is 13.8. The number of benzene rings is 3. The minimum Gasteiger partial charge on any atom is -0.206 e. The third-order valence-corrected chi connectivity index (χ3v) is 4.19. The van der Waals surface area contributed by atoms with E-state index >= 15 is 0 Å². The van der Waals surface area contributed by atoms with Crippen molar-refractivity contribution in [2.24, 2.45) is 0 Å². The summed E-state index contributed by atoms with van der Waals surface area (Å²) < 4.78 is 27.1. The molecule has 0 aliphatic rings. The number of hydrogen-bond donors (Lipinski definition) is 0. The summed E-state index contributed by atoms with van der Waals surface area (Å²) in [5.74, 6) is -0.788. The fraction of sp³-hybridized carbons (Fsp3) is 0.0588. The van der Waals surface area contributed by atoms with Crippen LogP contribution in [0.15, 0.2) is 54.6 Å². The van der Waals surface area contributed by atoms with Gasteiger partial charge in [-0.05, 0) is 34.7 Å². The summed E-state index contributed by atoms with van der Waals surface area (Å²) in [5.41, 5.74) is 1.43. The standard InChI is InChI=1S/C17H10Cl2F2/c18-14-9-10(5-7-16(14)21)17(19)13-6-8-15(20)12-4-2-1-3-11(12)13/h1-9,17H. The zero-order chi connectivity index (χ0) is 15.0. The molecule has 1 unspecified atom stereocenters. The molecule has 0 aliphatic carbocycles. The number of hydrogen-bond acceptors (Lipinski definition) is 0. The van der Waals surface area contributed by atoms with E-state index in [1.165, 1.54) is 18.2 Å². The van der Waals surface area contributed by atoms with Crippen molar-refractivity contribution in [2.75, 3.05) is 0 Å². The predicted molar refractivity (Wildman–Crippen MR) is 83.0 cm³/mol. The van der Waals surface area contributed by atoms with Crippen LogP contribution in [0.2, 0.25) is 5.02 Å². The van der Waals surface area contributed by atoms with Crippen molar-refractivity contribution in [1.82, 2.24) is 0 Å². The first-order valence-corrected chi connectivity index (χ1v) is 7.15. The van der Waals surface area contributed by atoms with Crippen LogP contribution in [0.4, 0.5) is 8.78 Å². The van der Waals surface area contributed by atoms with Crippen molar-refractivity contribution >= 4 is 34.0 Å². The molecule has 21 heavy (non-hydrogen) atoms. The Morgan fingerprint density at radius 2 is 1.48 bits per heavy atom. The highest BCUT2D eigenvalue weighted by Gasteiger charge is 2.16. The van der Waals surface area contributed by atoms with Crippen molar-refractivity contribution in [3.63, 3.8) is 0 Å². The molecular weight excluding hydrogens is 313 g/mol. The Kier molecular flexibility index (Phi) is 3.83. The van der Waals surface area contributed by atoms with Crippen LogP contribution in [0.1, 0.15) is 16.5 Å². The molecule has 0 aromatic heterocycles. The Morgan fingerprint density at radius 1 is 0.810 bits per heavy atom. The molecule has 0 saturated carbocycles. The zero-order valence-electron chi connectivity index (χ0n) is 10.8. The molecule has 0 fully saturated rings. The van der Waals surface area contributed by atoms with E-state index in [4.69, 9.17) is 23.2 Å². The average molecular weight is 323 g/mol. The van der Waals surface area contributed by atoms with Gasteiger partial charge in [0.15, 0.2) is 0 Å². The van der Waals surface area contributed by atoms with E-state index in [0.29, 0.717) is 10.9 Å². The van der Waals surface area contributed by atoms with E-state index in [-0.39, 0.29) is 10.8 Å². The monoisotopic (exact) mass is 322 g/mol. The van der Waals surface area contributed by atoms with Crippen molar-refractivity contribution in [3.05, 3.63) is 82.4 Å². The van der Waals surface area contributed by atoms with E-state index in [1.54, 1.807) is 24.3 Å². The fourth-order valence-electron chi connectivity index (χ4n) is 2.36. The first kappa shape index (κ1) is 14.3. The van der Waals surface area contributed by atoms with E-state index in [9.17, 15) is 8.78 Å². The molecule has 1 atom stereocenters. The van der Waals surface area contributed by atoms with E-state index in [0.717, 1.165) is 10.9 Å². The van der Waals surface area contributed by atoms with Crippen LogP contribution in [-0.2, 0) is 0 Å². The summed E-state index contributed by atoms with van der Waals surface area (Å²) in [6, 6.07) is 14.5. The molecule has 3 aromatic rings. The zero-order valence-corrected chi connectivity index (χ0v) is 12.3. The van der Waals surface area contributed by atoms with Crippen LogP contribution in [0.3, 0.4) is 0 Å². The summed E-state index contributed by atoms with van der Waals surface area (Å²) in [5, 5.41) is 0.727. The van der Waals surface area contributed by atoms with E-state index in [2.05, 4.69) is 0 Å². The van der Waals surface area contributed by atoms with E-state index in [1.807, 2.05) is 12.1 Å². The number of alkyl halides is 1. The summed E-state index contributed by atoms with van der Waals surface area (Å²) in [4.78, 5) is 0. The SMILES string of the molecule is Fc1ccc(C(Cl)c2ccc(F)c3ccccc23)cc1Cl. The van der Waals surface area contributed by atoms with Crippen molar-refractivity contribution in [2.45, 2.75) is 5.38 Å². The molecule has 0 amide bonds. The topological polar surface area (TPSA) is 0 Å². The molecule has 0 nitrogen and oxygen atoms in total. The summed E-state index contributed by atoms with van der Waals surface area (Å²) in [6.45, 7) is 0. The lowest BCUT2D eigenvalue weighted by molar-refractivity contribution is 0.627. The fourth-order valence-corrected chi connectivity index (χ4v) is 2.87. The normalized spacial score (nSPS) is 12.6. The smallest absolute Gasteiger partial charge is 0.141 e. The van der Waals surface area contributed by atoms with Gasteiger partial charge in [0.05, 0.1) is 10.4 Å².